The smallest absolute Gasteiger partial charge is 0.247 e. The third-order valence-electron chi connectivity index (χ3n) is 2.69. The molecule has 0 radical (unpaired) electrons. The van der Waals surface area contributed by atoms with E-state index in [1.165, 1.54) is 17.7 Å². The highest BCUT2D eigenvalue weighted by molar-refractivity contribution is 7.13. The molecule has 0 saturated carbocycles. The van der Waals surface area contributed by atoms with E-state index < -0.39 is 0 Å². The van der Waals surface area contributed by atoms with E-state index in [1.54, 1.807) is 29.6 Å². The largest absolute Gasteiger partial charge is 0.423 e. The van der Waals surface area contributed by atoms with E-state index >= 15 is 0 Å². The molecule has 0 aliphatic carbocycles. The first-order valence-electron chi connectivity index (χ1n) is 6.07. The maximum absolute atomic E-state index is 11.9. The molecule has 3 rings (SSSR count). The van der Waals surface area contributed by atoms with Gasteiger partial charge in [-0.3, -0.25) is 4.79 Å². The third-order valence-corrected chi connectivity index (χ3v) is 3.41. The maximum atomic E-state index is 11.9. The van der Waals surface area contributed by atoms with Gasteiger partial charge in [0.25, 0.3) is 0 Å². The van der Waals surface area contributed by atoms with E-state index in [-0.39, 0.29) is 12.3 Å². The molecule has 1 aromatic carbocycles. The first kappa shape index (κ1) is 13.3. The van der Waals surface area contributed by atoms with Crippen LogP contribution in [0.25, 0.3) is 11.5 Å². The van der Waals surface area contributed by atoms with Crippen LogP contribution in [0.1, 0.15) is 5.69 Å². The molecule has 1 amide bonds. The zero-order valence-electron chi connectivity index (χ0n) is 10.8. The molecule has 3 aromatic rings. The van der Waals surface area contributed by atoms with E-state index in [4.69, 9.17) is 10.2 Å². The summed E-state index contributed by atoms with van der Waals surface area (Å²) in [6.07, 6.45) is 1.46. The van der Waals surface area contributed by atoms with Gasteiger partial charge in [0.15, 0.2) is 5.13 Å². The lowest BCUT2D eigenvalue weighted by atomic mass is 10.2. The lowest BCUT2D eigenvalue weighted by molar-refractivity contribution is -0.115. The normalized spacial score (nSPS) is 10.5. The second-order valence-electron chi connectivity index (χ2n) is 4.22. The molecule has 0 aliphatic rings. The summed E-state index contributed by atoms with van der Waals surface area (Å²) in [6, 6.07) is 7.13. The average molecular weight is 301 g/mol. The number of nitrogens with zero attached hydrogens (tertiary/aromatic N) is 3. The van der Waals surface area contributed by atoms with Crippen molar-refractivity contribution in [2.45, 2.75) is 6.42 Å². The number of carbonyl (C=O) groups is 1. The predicted molar refractivity (Wildman–Crippen MR) is 78.6 cm³/mol. The van der Waals surface area contributed by atoms with Gasteiger partial charge in [0.05, 0.1) is 12.1 Å². The summed E-state index contributed by atoms with van der Waals surface area (Å²) in [6.45, 7) is 0. The second-order valence-corrected chi connectivity index (χ2v) is 5.11. The molecule has 0 aliphatic heterocycles. The molecule has 0 fully saturated rings. The van der Waals surface area contributed by atoms with Crippen LogP contribution in [-0.4, -0.2) is 21.1 Å². The van der Waals surface area contributed by atoms with Gasteiger partial charge >= 0.3 is 0 Å². The quantitative estimate of drug-likeness (QED) is 0.762. The summed E-state index contributed by atoms with van der Waals surface area (Å²) < 4.78 is 5.09. The fraction of sp³-hybridized carbons (Fsp3) is 0.0769. The third kappa shape index (κ3) is 3.23. The molecule has 3 N–H and O–H groups in total. The fourth-order valence-corrected chi connectivity index (χ4v) is 2.33. The number of carbonyl (C=O) groups excluding carboxylic acids is 1. The number of amides is 1. The molecule has 2 aromatic heterocycles. The summed E-state index contributed by atoms with van der Waals surface area (Å²) in [5.41, 5.74) is 7.67. The molecule has 106 valence electrons. The van der Waals surface area contributed by atoms with Gasteiger partial charge in [0.2, 0.25) is 18.2 Å². The number of anilines is 2. The van der Waals surface area contributed by atoms with Crippen LogP contribution >= 0.6 is 11.3 Å². The topological polar surface area (TPSA) is 107 Å². The van der Waals surface area contributed by atoms with Gasteiger partial charge < -0.3 is 15.5 Å². The SMILES string of the molecule is Nc1nc(CC(=O)Nc2ccc(-c3nnco3)cc2)cs1. The van der Waals surface area contributed by atoms with Gasteiger partial charge in [0, 0.05) is 16.6 Å². The number of nitrogens with one attached hydrogen (secondary N) is 1. The Kier molecular flexibility index (Phi) is 3.61. The fourth-order valence-electron chi connectivity index (χ4n) is 1.77. The predicted octanol–water partition coefficient (Wildman–Crippen LogP) is 1.96. The molecule has 0 spiro atoms. The molecule has 0 atom stereocenters. The summed E-state index contributed by atoms with van der Waals surface area (Å²) in [5, 5.41) is 12.4. The minimum atomic E-state index is -0.147. The summed E-state index contributed by atoms with van der Waals surface area (Å²) in [7, 11) is 0. The van der Waals surface area contributed by atoms with Crippen molar-refractivity contribution in [2.75, 3.05) is 11.1 Å². The Balaban J connectivity index is 1.63. The Hall–Kier alpha value is -2.74. The van der Waals surface area contributed by atoms with Crippen LogP contribution in [0.2, 0.25) is 0 Å². The Bertz CT molecular complexity index is 736. The molecule has 7 nitrogen and oxygen atoms in total. The second kappa shape index (κ2) is 5.71. The molecular formula is C13H11N5O2S. The van der Waals surface area contributed by atoms with Gasteiger partial charge in [0.1, 0.15) is 0 Å². The number of nitrogen functional groups attached to an aromatic ring is 1. The van der Waals surface area contributed by atoms with E-state index in [1.807, 2.05) is 0 Å². The van der Waals surface area contributed by atoms with Gasteiger partial charge in [-0.05, 0) is 24.3 Å². The summed E-state index contributed by atoms with van der Waals surface area (Å²) >= 11 is 1.32. The van der Waals surface area contributed by atoms with Crippen molar-refractivity contribution < 1.29 is 9.21 Å². The summed E-state index contributed by atoms with van der Waals surface area (Å²) in [5.74, 6) is 0.289. The monoisotopic (exact) mass is 301 g/mol. The molecule has 21 heavy (non-hydrogen) atoms. The first-order valence-corrected chi connectivity index (χ1v) is 6.95. The van der Waals surface area contributed by atoms with Crippen LogP contribution < -0.4 is 11.1 Å². The Morgan fingerprint density at radius 2 is 2.14 bits per heavy atom. The highest BCUT2D eigenvalue weighted by atomic mass is 32.1. The number of benzene rings is 1. The van der Waals surface area contributed by atoms with Crippen LogP contribution in [0, 0.1) is 0 Å². The van der Waals surface area contributed by atoms with Crippen LogP contribution in [0.5, 0.6) is 0 Å². The number of hydrogen-bond donors (Lipinski definition) is 2. The zero-order chi connectivity index (χ0) is 14.7. The molecule has 2 heterocycles. The summed E-state index contributed by atoms with van der Waals surface area (Å²) in [4.78, 5) is 15.9. The number of hydrogen-bond acceptors (Lipinski definition) is 7. The molecule has 0 saturated heterocycles. The number of aromatic nitrogens is 3. The molecule has 0 unspecified atom stereocenters. The van der Waals surface area contributed by atoms with Crippen LogP contribution in [-0.2, 0) is 11.2 Å². The van der Waals surface area contributed by atoms with E-state index in [0.29, 0.717) is 22.4 Å². The Morgan fingerprint density at radius 3 is 2.76 bits per heavy atom. The Morgan fingerprint density at radius 1 is 1.33 bits per heavy atom. The molecule has 8 heteroatoms. The highest BCUT2D eigenvalue weighted by Crippen LogP contribution is 2.19. The minimum Gasteiger partial charge on any atom is -0.423 e. The van der Waals surface area contributed by atoms with Crippen molar-refractivity contribution in [1.82, 2.24) is 15.2 Å². The van der Waals surface area contributed by atoms with Crippen molar-refractivity contribution >= 4 is 28.1 Å². The number of thiazole rings is 1. The van der Waals surface area contributed by atoms with Crippen LogP contribution in [0.15, 0.2) is 40.5 Å². The van der Waals surface area contributed by atoms with Crippen molar-refractivity contribution in [3.8, 4) is 11.5 Å². The average Bonchev–Trinajstić information content (AvgIpc) is 3.11. The van der Waals surface area contributed by atoms with Gasteiger partial charge in [-0.15, -0.1) is 21.5 Å². The van der Waals surface area contributed by atoms with E-state index in [2.05, 4.69) is 20.5 Å². The molecule has 0 bridgehead atoms. The van der Waals surface area contributed by atoms with Gasteiger partial charge in [-0.2, -0.15) is 0 Å². The van der Waals surface area contributed by atoms with Crippen LogP contribution in [0.3, 0.4) is 0 Å². The highest BCUT2D eigenvalue weighted by Gasteiger charge is 2.08. The van der Waals surface area contributed by atoms with Gasteiger partial charge in [-0.25, -0.2) is 4.98 Å². The van der Waals surface area contributed by atoms with Crippen molar-refractivity contribution in [3.05, 3.63) is 41.7 Å². The molecular weight excluding hydrogens is 290 g/mol. The maximum Gasteiger partial charge on any atom is 0.247 e. The van der Waals surface area contributed by atoms with Crippen molar-refractivity contribution in [2.24, 2.45) is 0 Å². The van der Waals surface area contributed by atoms with E-state index in [9.17, 15) is 4.79 Å². The number of rotatable bonds is 4. The first-order chi connectivity index (χ1) is 10.2. The minimum absolute atomic E-state index is 0.147. The Labute approximate surface area is 123 Å². The lowest BCUT2D eigenvalue weighted by Gasteiger charge is -2.04. The van der Waals surface area contributed by atoms with Crippen molar-refractivity contribution in [3.63, 3.8) is 0 Å². The number of nitrogens with two attached hydrogens (primary N) is 1. The van der Waals surface area contributed by atoms with Gasteiger partial charge in [-0.1, -0.05) is 0 Å². The van der Waals surface area contributed by atoms with Crippen molar-refractivity contribution in [1.29, 1.82) is 0 Å². The zero-order valence-corrected chi connectivity index (χ0v) is 11.6. The van der Waals surface area contributed by atoms with E-state index in [0.717, 1.165) is 5.56 Å². The van der Waals surface area contributed by atoms with Crippen LogP contribution in [0.4, 0.5) is 10.8 Å². The standard InChI is InChI=1S/C13H11N5O2S/c14-13-17-10(6-21-13)5-11(19)16-9-3-1-8(2-4-9)12-18-15-7-20-12/h1-4,6-7H,5H2,(H2,14,17)(H,16,19). The lowest BCUT2D eigenvalue weighted by Crippen LogP contribution is -2.14.